The van der Waals surface area contributed by atoms with Crippen LogP contribution in [0.2, 0.25) is 0 Å². The van der Waals surface area contributed by atoms with Crippen molar-refractivity contribution in [3.05, 3.63) is 46.8 Å². The monoisotopic (exact) mass is 416 g/mol. The fourth-order valence-electron chi connectivity index (χ4n) is 3.40. The number of piperidine rings is 1. The zero-order chi connectivity index (χ0) is 20.6. The molecule has 1 aromatic carbocycles. The number of thiophene rings is 1. The predicted molar refractivity (Wildman–Crippen MR) is 117 cm³/mol. The summed E-state index contributed by atoms with van der Waals surface area (Å²) < 4.78 is 10.1. The standard InChI is InChI=1S/C21H28N4O3S/c1-22-21(24-16-8-10-25(11-9-16)19-5-4-12-29-19)23-14-15-6-7-18(27-2)17(13-15)20(26)28-3/h4-7,12-13,16H,8-11,14H2,1-3H3,(H2,22,23,24). The van der Waals surface area contributed by atoms with Crippen molar-refractivity contribution in [1.82, 2.24) is 10.6 Å². The molecule has 0 bridgehead atoms. The second-order valence-corrected chi connectivity index (χ2v) is 7.74. The fraction of sp³-hybridized carbons (Fsp3) is 0.429. The lowest BCUT2D eigenvalue weighted by Crippen LogP contribution is -2.48. The maximum atomic E-state index is 12.0. The van der Waals surface area contributed by atoms with Crippen molar-refractivity contribution in [2.24, 2.45) is 4.99 Å². The van der Waals surface area contributed by atoms with Crippen molar-refractivity contribution in [3.63, 3.8) is 0 Å². The minimum Gasteiger partial charge on any atom is -0.496 e. The molecule has 8 heteroatoms. The number of guanidine groups is 1. The number of esters is 1. The van der Waals surface area contributed by atoms with Gasteiger partial charge in [-0.1, -0.05) is 6.07 Å². The third-order valence-electron chi connectivity index (χ3n) is 5.01. The van der Waals surface area contributed by atoms with Crippen LogP contribution in [0.15, 0.2) is 40.7 Å². The van der Waals surface area contributed by atoms with E-state index >= 15 is 0 Å². The molecule has 0 aliphatic carbocycles. The number of carbonyl (C=O) groups is 1. The molecular formula is C21H28N4O3S. The molecule has 3 rings (SSSR count). The molecule has 2 N–H and O–H groups in total. The number of benzene rings is 1. The SMILES string of the molecule is CN=C(NCc1ccc(OC)c(C(=O)OC)c1)NC1CCN(c2cccs2)CC1. The first-order valence-corrected chi connectivity index (χ1v) is 10.5. The highest BCUT2D eigenvalue weighted by Crippen LogP contribution is 2.25. The highest BCUT2D eigenvalue weighted by Gasteiger charge is 2.21. The Balaban J connectivity index is 1.53. The number of carbonyl (C=O) groups excluding carboxylic acids is 1. The number of rotatable bonds is 6. The molecule has 29 heavy (non-hydrogen) atoms. The van der Waals surface area contributed by atoms with Gasteiger partial charge in [-0.3, -0.25) is 4.99 Å². The molecule has 1 fully saturated rings. The van der Waals surface area contributed by atoms with Crippen LogP contribution < -0.4 is 20.3 Å². The van der Waals surface area contributed by atoms with Gasteiger partial charge in [0.05, 0.1) is 19.2 Å². The highest BCUT2D eigenvalue weighted by atomic mass is 32.1. The number of hydrogen-bond donors (Lipinski definition) is 2. The number of aliphatic imine (C=N–C) groups is 1. The molecule has 1 aliphatic rings. The topological polar surface area (TPSA) is 75.2 Å². The van der Waals surface area contributed by atoms with Crippen LogP contribution in [-0.2, 0) is 11.3 Å². The van der Waals surface area contributed by atoms with E-state index < -0.39 is 5.97 Å². The van der Waals surface area contributed by atoms with Crippen molar-refractivity contribution in [3.8, 4) is 5.75 Å². The molecule has 0 radical (unpaired) electrons. The van der Waals surface area contributed by atoms with E-state index in [1.807, 2.05) is 6.07 Å². The van der Waals surface area contributed by atoms with E-state index in [4.69, 9.17) is 9.47 Å². The van der Waals surface area contributed by atoms with Gasteiger partial charge in [0.1, 0.15) is 11.3 Å². The lowest BCUT2D eigenvalue weighted by atomic mass is 10.1. The fourth-order valence-corrected chi connectivity index (χ4v) is 4.19. The number of anilines is 1. The van der Waals surface area contributed by atoms with Gasteiger partial charge in [0, 0.05) is 32.7 Å². The van der Waals surface area contributed by atoms with Crippen LogP contribution in [0.3, 0.4) is 0 Å². The summed E-state index contributed by atoms with van der Waals surface area (Å²) >= 11 is 1.79. The molecule has 156 valence electrons. The summed E-state index contributed by atoms with van der Waals surface area (Å²) in [5.41, 5.74) is 1.36. The molecule has 1 aromatic heterocycles. The lowest BCUT2D eigenvalue weighted by molar-refractivity contribution is 0.0597. The smallest absolute Gasteiger partial charge is 0.341 e. The summed E-state index contributed by atoms with van der Waals surface area (Å²) in [7, 11) is 4.67. The van der Waals surface area contributed by atoms with Crippen LogP contribution in [0.25, 0.3) is 0 Å². The summed E-state index contributed by atoms with van der Waals surface area (Å²) in [6.45, 7) is 2.62. The Hall–Kier alpha value is -2.74. The Kier molecular flexibility index (Phi) is 7.35. The normalized spacial score (nSPS) is 15.1. The number of nitrogens with one attached hydrogen (secondary N) is 2. The van der Waals surface area contributed by atoms with Crippen LogP contribution in [-0.4, -0.2) is 52.3 Å². The van der Waals surface area contributed by atoms with Crippen molar-refractivity contribution in [2.45, 2.75) is 25.4 Å². The molecule has 0 spiro atoms. The molecule has 0 atom stereocenters. The van der Waals surface area contributed by atoms with E-state index in [0.717, 1.165) is 37.5 Å². The quantitative estimate of drug-likeness (QED) is 0.429. The van der Waals surface area contributed by atoms with Gasteiger partial charge in [-0.2, -0.15) is 0 Å². The Morgan fingerprint density at radius 1 is 1.28 bits per heavy atom. The summed E-state index contributed by atoms with van der Waals surface area (Å²) in [5, 5.41) is 10.3. The molecule has 0 saturated carbocycles. The van der Waals surface area contributed by atoms with Crippen LogP contribution in [0.5, 0.6) is 5.75 Å². The molecule has 0 unspecified atom stereocenters. The Morgan fingerprint density at radius 3 is 2.69 bits per heavy atom. The highest BCUT2D eigenvalue weighted by molar-refractivity contribution is 7.14. The number of ether oxygens (including phenoxy) is 2. The number of nitrogens with zero attached hydrogens (tertiary/aromatic N) is 2. The van der Waals surface area contributed by atoms with Gasteiger partial charge in [0.15, 0.2) is 5.96 Å². The van der Waals surface area contributed by atoms with Gasteiger partial charge in [-0.25, -0.2) is 4.79 Å². The summed E-state index contributed by atoms with van der Waals surface area (Å²) in [5.74, 6) is 0.847. The third-order valence-corrected chi connectivity index (χ3v) is 5.94. The van der Waals surface area contributed by atoms with Gasteiger partial charge in [-0.05, 0) is 48.1 Å². The number of methoxy groups -OCH3 is 2. The molecule has 1 saturated heterocycles. The van der Waals surface area contributed by atoms with Crippen LogP contribution >= 0.6 is 11.3 Å². The third kappa shape index (κ3) is 5.41. The van der Waals surface area contributed by atoms with E-state index in [1.165, 1.54) is 19.2 Å². The van der Waals surface area contributed by atoms with E-state index in [-0.39, 0.29) is 0 Å². The zero-order valence-electron chi connectivity index (χ0n) is 17.1. The Labute approximate surface area is 175 Å². The van der Waals surface area contributed by atoms with Gasteiger partial charge >= 0.3 is 5.97 Å². The maximum Gasteiger partial charge on any atom is 0.341 e. The summed E-state index contributed by atoms with van der Waals surface area (Å²) in [6.07, 6.45) is 2.13. The molecular weight excluding hydrogens is 388 g/mol. The molecule has 1 aliphatic heterocycles. The Morgan fingerprint density at radius 2 is 2.07 bits per heavy atom. The second kappa shape index (κ2) is 10.2. The van der Waals surface area contributed by atoms with Crippen LogP contribution in [0, 0.1) is 0 Å². The van der Waals surface area contributed by atoms with Gasteiger partial charge in [0.2, 0.25) is 0 Å². The van der Waals surface area contributed by atoms with Crippen molar-refractivity contribution < 1.29 is 14.3 Å². The van der Waals surface area contributed by atoms with Crippen molar-refractivity contribution in [2.75, 3.05) is 39.3 Å². The molecule has 2 aromatic rings. The first-order valence-electron chi connectivity index (χ1n) is 9.65. The van der Waals surface area contributed by atoms with Crippen molar-refractivity contribution >= 4 is 28.3 Å². The molecule has 0 amide bonds. The minimum atomic E-state index is -0.413. The zero-order valence-corrected chi connectivity index (χ0v) is 17.9. The van der Waals surface area contributed by atoms with E-state index in [9.17, 15) is 4.79 Å². The first kappa shape index (κ1) is 21.0. The van der Waals surface area contributed by atoms with Crippen LogP contribution in [0.4, 0.5) is 5.00 Å². The summed E-state index contributed by atoms with van der Waals surface area (Å²) in [4.78, 5) is 18.7. The lowest BCUT2D eigenvalue weighted by Gasteiger charge is -2.33. The largest absolute Gasteiger partial charge is 0.496 e. The van der Waals surface area contributed by atoms with Gasteiger partial charge in [-0.15, -0.1) is 11.3 Å². The predicted octanol–water partition coefficient (Wildman–Crippen LogP) is 2.88. The molecule has 2 heterocycles. The van der Waals surface area contributed by atoms with Gasteiger partial charge < -0.3 is 25.0 Å². The van der Waals surface area contributed by atoms with Gasteiger partial charge in [0.25, 0.3) is 0 Å². The Bertz CT molecular complexity index is 830. The van der Waals surface area contributed by atoms with E-state index in [2.05, 4.69) is 38.0 Å². The second-order valence-electron chi connectivity index (χ2n) is 6.81. The number of hydrogen-bond acceptors (Lipinski definition) is 6. The first-order chi connectivity index (χ1) is 14.1. The maximum absolute atomic E-state index is 12.0. The minimum absolute atomic E-state index is 0.388. The average Bonchev–Trinajstić information content (AvgIpc) is 3.31. The average molecular weight is 417 g/mol. The summed E-state index contributed by atoms with van der Waals surface area (Å²) in [6, 6.07) is 10.1. The van der Waals surface area contributed by atoms with E-state index in [1.54, 1.807) is 30.5 Å². The van der Waals surface area contributed by atoms with E-state index in [0.29, 0.717) is 23.9 Å². The van der Waals surface area contributed by atoms with Crippen LogP contribution in [0.1, 0.15) is 28.8 Å². The van der Waals surface area contributed by atoms with Crippen molar-refractivity contribution in [1.29, 1.82) is 0 Å². The molecule has 7 nitrogen and oxygen atoms in total.